The van der Waals surface area contributed by atoms with E-state index < -0.39 is 9.84 Å². The van der Waals surface area contributed by atoms with E-state index in [0.29, 0.717) is 25.4 Å². The van der Waals surface area contributed by atoms with Crippen molar-refractivity contribution >= 4 is 27.2 Å². The number of hydrogen-bond donors (Lipinski definition) is 1. The van der Waals surface area contributed by atoms with Crippen LogP contribution in [0.5, 0.6) is 5.75 Å². The highest BCUT2D eigenvalue weighted by atomic mass is 32.2. The lowest BCUT2D eigenvalue weighted by Crippen LogP contribution is -2.36. The molecule has 140 valence electrons. The van der Waals surface area contributed by atoms with Gasteiger partial charge in [-0.05, 0) is 44.5 Å². The van der Waals surface area contributed by atoms with Crippen molar-refractivity contribution in [3.63, 3.8) is 0 Å². The Bertz CT molecular complexity index is 840. The van der Waals surface area contributed by atoms with Crippen LogP contribution < -0.4 is 15.0 Å². The van der Waals surface area contributed by atoms with Gasteiger partial charge in [-0.1, -0.05) is 0 Å². The predicted octanol–water partition coefficient (Wildman–Crippen LogP) is 2.63. The van der Waals surface area contributed by atoms with Crippen LogP contribution in [0.4, 0.5) is 17.3 Å². The molecule has 1 aliphatic heterocycles. The molecule has 1 unspecified atom stereocenters. The smallest absolute Gasteiger partial charge is 0.152 e. The van der Waals surface area contributed by atoms with E-state index in [1.807, 2.05) is 49.1 Å². The maximum atomic E-state index is 11.8. The molecule has 1 fully saturated rings. The molecule has 1 aromatic carbocycles. The molecule has 1 saturated heterocycles. The average Bonchev–Trinajstić information content (AvgIpc) is 2.98. The molecule has 2 heterocycles. The number of aromatic nitrogens is 2. The summed E-state index contributed by atoms with van der Waals surface area (Å²) in [4.78, 5) is 10.6. The Morgan fingerprint density at radius 3 is 2.62 bits per heavy atom. The molecular formula is C18H24N4O3S. The van der Waals surface area contributed by atoms with Crippen LogP contribution in [0.2, 0.25) is 0 Å². The second-order valence-corrected chi connectivity index (χ2v) is 8.42. The molecule has 2 aromatic rings. The standard InChI is InChI=1S/C18H24N4O3S/c1-3-22(15-9-10-26(23,24)12-15)18-11-17(19-13-20-18)21-14-5-7-16(8-6-14)25-4-2/h5-8,11,13,15H,3-4,9-10,12H2,1-2H3,(H,19,20,21). The van der Waals surface area contributed by atoms with Gasteiger partial charge in [0.1, 0.15) is 23.7 Å². The van der Waals surface area contributed by atoms with E-state index in [2.05, 4.69) is 15.3 Å². The lowest BCUT2D eigenvalue weighted by Gasteiger charge is -2.28. The fraction of sp³-hybridized carbons (Fsp3) is 0.444. The van der Waals surface area contributed by atoms with E-state index in [-0.39, 0.29) is 17.5 Å². The van der Waals surface area contributed by atoms with Gasteiger partial charge in [-0.2, -0.15) is 0 Å². The fourth-order valence-corrected chi connectivity index (χ4v) is 4.88. The molecule has 8 heteroatoms. The maximum absolute atomic E-state index is 11.8. The molecular weight excluding hydrogens is 352 g/mol. The quantitative estimate of drug-likeness (QED) is 0.795. The summed E-state index contributed by atoms with van der Waals surface area (Å²) in [5.41, 5.74) is 0.893. The van der Waals surface area contributed by atoms with Crippen molar-refractivity contribution in [1.82, 2.24) is 9.97 Å². The molecule has 0 radical (unpaired) electrons. The lowest BCUT2D eigenvalue weighted by atomic mass is 10.2. The molecule has 1 atom stereocenters. The van der Waals surface area contributed by atoms with E-state index in [0.717, 1.165) is 17.3 Å². The zero-order valence-corrected chi connectivity index (χ0v) is 15.9. The van der Waals surface area contributed by atoms with E-state index in [9.17, 15) is 8.42 Å². The summed E-state index contributed by atoms with van der Waals surface area (Å²) in [6.45, 7) is 5.28. The van der Waals surface area contributed by atoms with Gasteiger partial charge in [0.15, 0.2) is 9.84 Å². The third-order valence-corrected chi connectivity index (χ3v) is 6.12. The molecule has 0 aliphatic carbocycles. The summed E-state index contributed by atoms with van der Waals surface area (Å²) in [7, 11) is -2.94. The Morgan fingerprint density at radius 1 is 1.23 bits per heavy atom. The van der Waals surface area contributed by atoms with Gasteiger partial charge >= 0.3 is 0 Å². The number of sulfone groups is 1. The van der Waals surface area contributed by atoms with Crippen molar-refractivity contribution < 1.29 is 13.2 Å². The molecule has 1 aliphatic rings. The van der Waals surface area contributed by atoms with Crippen molar-refractivity contribution in [2.75, 3.05) is 34.9 Å². The molecule has 0 spiro atoms. The normalized spacial score (nSPS) is 18.5. The second kappa shape index (κ2) is 7.90. The number of anilines is 3. The molecule has 0 bridgehead atoms. The zero-order valence-electron chi connectivity index (χ0n) is 15.1. The first-order chi connectivity index (χ1) is 12.5. The van der Waals surface area contributed by atoms with Gasteiger partial charge in [0.25, 0.3) is 0 Å². The Labute approximate surface area is 154 Å². The van der Waals surface area contributed by atoms with Gasteiger partial charge in [0, 0.05) is 24.3 Å². The topological polar surface area (TPSA) is 84.4 Å². The number of benzene rings is 1. The van der Waals surface area contributed by atoms with Crippen molar-refractivity contribution in [3.05, 3.63) is 36.7 Å². The average molecular weight is 376 g/mol. The molecule has 0 amide bonds. The van der Waals surface area contributed by atoms with Crippen LogP contribution in [0.25, 0.3) is 0 Å². The summed E-state index contributed by atoms with van der Waals surface area (Å²) in [5.74, 6) is 2.65. The fourth-order valence-electron chi connectivity index (χ4n) is 3.15. The first-order valence-corrected chi connectivity index (χ1v) is 10.6. The van der Waals surface area contributed by atoms with Crippen LogP contribution in [0.15, 0.2) is 36.7 Å². The number of rotatable bonds is 7. The van der Waals surface area contributed by atoms with Crippen LogP contribution in [0.3, 0.4) is 0 Å². The first kappa shape index (κ1) is 18.4. The summed E-state index contributed by atoms with van der Waals surface area (Å²) in [5, 5.41) is 3.25. The number of ether oxygens (including phenoxy) is 1. The van der Waals surface area contributed by atoms with Crippen molar-refractivity contribution in [2.45, 2.75) is 26.3 Å². The minimum Gasteiger partial charge on any atom is -0.494 e. The maximum Gasteiger partial charge on any atom is 0.152 e. The monoisotopic (exact) mass is 376 g/mol. The third kappa shape index (κ3) is 4.43. The summed E-state index contributed by atoms with van der Waals surface area (Å²) >= 11 is 0. The van der Waals surface area contributed by atoms with Crippen molar-refractivity contribution in [1.29, 1.82) is 0 Å². The van der Waals surface area contributed by atoms with Gasteiger partial charge in [-0.15, -0.1) is 0 Å². The minimum atomic E-state index is -2.94. The highest BCUT2D eigenvalue weighted by Crippen LogP contribution is 2.25. The first-order valence-electron chi connectivity index (χ1n) is 8.79. The minimum absolute atomic E-state index is 0.0294. The molecule has 3 rings (SSSR count). The van der Waals surface area contributed by atoms with E-state index in [1.165, 1.54) is 6.33 Å². The summed E-state index contributed by atoms with van der Waals surface area (Å²) in [6.07, 6.45) is 2.14. The Hall–Kier alpha value is -2.35. The Morgan fingerprint density at radius 2 is 2.00 bits per heavy atom. The van der Waals surface area contributed by atoms with Crippen molar-refractivity contribution in [2.24, 2.45) is 0 Å². The van der Waals surface area contributed by atoms with Crippen LogP contribution >= 0.6 is 0 Å². The van der Waals surface area contributed by atoms with Gasteiger partial charge in [-0.25, -0.2) is 18.4 Å². The lowest BCUT2D eigenvalue weighted by molar-refractivity contribution is 0.340. The number of hydrogen-bond acceptors (Lipinski definition) is 7. The van der Waals surface area contributed by atoms with Gasteiger partial charge in [-0.3, -0.25) is 0 Å². The molecule has 7 nitrogen and oxygen atoms in total. The van der Waals surface area contributed by atoms with Crippen LogP contribution in [0.1, 0.15) is 20.3 Å². The van der Waals surface area contributed by atoms with Gasteiger partial charge in [0.2, 0.25) is 0 Å². The van der Waals surface area contributed by atoms with Gasteiger partial charge in [0.05, 0.1) is 18.1 Å². The van der Waals surface area contributed by atoms with E-state index in [1.54, 1.807) is 0 Å². The van der Waals surface area contributed by atoms with E-state index in [4.69, 9.17) is 4.74 Å². The number of nitrogens with zero attached hydrogens (tertiary/aromatic N) is 3. The summed E-state index contributed by atoms with van der Waals surface area (Å²) < 4.78 is 29.0. The molecule has 0 saturated carbocycles. The number of nitrogens with one attached hydrogen (secondary N) is 1. The van der Waals surface area contributed by atoms with Crippen LogP contribution in [-0.4, -0.2) is 49.1 Å². The molecule has 26 heavy (non-hydrogen) atoms. The summed E-state index contributed by atoms with van der Waals surface area (Å²) in [6, 6.07) is 9.47. The van der Waals surface area contributed by atoms with Crippen LogP contribution in [-0.2, 0) is 9.84 Å². The predicted molar refractivity (Wildman–Crippen MR) is 103 cm³/mol. The van der Waals surface area contributed by atoms with E-state index >= 15 is 0 Å². The Kier molecular flexibility index (Phi) is 5.61. The highest BCUT2D eigenvalue weighted by molar-refractivity contribution is 7.91. The largest absolute Gasteiger partial charge is 0.494 e. The SMILES string of the molecule is CCOc1ccc(Nc2cc(N(CC)C3CCS(=O)(=O)C3)ncn2)cc1. The molecule has 1 aromatic heterocycles. The van der Waals surface area contributed by atoms with Crippen molar-refractivity contribution in [3.8, 4) is 5.75 Å². The second-order valence-electron chi connectivity index (χ2n) is 6.19. The third-order valence-electron chi connectivity index (χ3n) is 4.37. The van der Waals surface area contributed by atoms with Crippen LogP contribution in [0, 0.1) is 0 Å². The zero-order chi connectivity index (χ0) is 18.6. The molecule has 1 N–H and O–H groups in total. The van der Waals surface area contributed by atoms with Gasteiger partial charge < -0.3 is 15.0 Å². The Balaban J connectivity index is 1.74. The highest BCUT2D eigenvalue weighted by Gasteiger charge is 2.32.